The Labute approximate surface area is 237 Å². The fraction of sp³-hybridized carbons (Fsp3) is 0.484. The van der Waals surface area contributed by atoms with Gasteiger partial charge in [0.1, 0.15) is 11.5 Å². The van der Waals surface area contributed by atoms with E-state index >= 15 is 0 Å². The van der Waals surface area contributed by atoms with E-state index in [9.17, 15) is 14.7 Å². The lowest BCUT2D eigenvalue weighted by Gasteiger charge is -2.29. The van der Waals surface area contributed by atoms with Gasteiger partial charge in [-0.25, -0.2) is 0 Å². The van der Waals surface area contributed by atoms with Crippen LogP contribution in [-0.2, 0) is 9.59 Å². The molecule has 3 rings (SSSR count). The number of likely N-dealkylation sites (tertiary alicyclic amines) is 1. The summed E-state index contributed by atoms with van der Waals surface area (Å²) in [7, 11) is 4.52. The Hall–Kier alpha value is -3.72. The highest BCUT2D eigenvalue weighted by Crippen LogP contribution is 2.46. The first kappa shape index (κ1) is 30.8. The highest BCUT2D eigenvalue weighted by atomic mass is 16.5. The van der Waals surface area contributed by atoms with Gasteiger partial charge in [0.25, 0.3) is 11.7 Å². The summed E-state index contributed by atoms with van der Waals surface area (Å²) >= 11 is 0. The van der Waals surface area contributed by atoms with Crippen LogP contribution < -0.4 is 18.9 Å². The van der Waals surface area contributed by atoms with Gasteiger partial charge in [0.05, 0.1) is 39.6 Å². The molecule has 218 valence electrons. The fourth-order valence-electron chi connectivity index (χ4n) is 5.09. The van der Waals surface area contributed by atoms with Gasteiger partial charge in [-0.2, -0.15) is 0 Å². The summed E-state index contributed by atoms with van der Waals surface area (Å²) in [5.74, 6) is 0.336. The van der Waals surface area contributed by atoms with E-state index < -0.39 is 17.7 Å². The zero-order chi connectivity index (χ0) is 29.6. The van der Waals surface area contributed by atoms with E-state index in [4.69, 9.17) is 18.9 Å². The third-order valence-electron chi connectivity index (χ3n) is 7.30. The van der Waals surface area contributed by atoms with Gasteiger partial charge < -0.3 is 33.9 Å². The Morgan fingerprint density at radius 2 is 1.57 bits per heavy atom. The van der Waals surface area contributed by atoms with Gasteiger partial charge in [0.15, 0.2) is 11.5 Å². The second-order valence-electron chi connectivity index (χ2n) is 9.82. The molecule has 2 aromatic rings. The zero-order valence-electron chi connectivity index (χ0n) is 24.9. The molecule has 0 aromatic heterocycles. The minimum Gasteiger partial charge on any atom is -0.507 e. The standard InChI is InChI=1S/C31H42N2O7/c1-9-32(10-2)14-15-33-27(21-17-24(37-6)30(39-8)25(18-21)38-7)26(29(35)31(33)36)28(34)20-12-13-23(40-11-3)22(16-20)19(4)5/h12-13,16-19,27,34H,9-11,14-15H2,1-8H3/b28-26+. The largest absolute Gasteiger partial charge is 0.507 e. The number of ketones is 1. The highest BCUT2D eigenvalue weighted by molar-refractivity contribution is 6.46. The van der Waals surface area contributed by atoms with E-state index in [1.165, 1.54) is 26.2 Å². The van der Waals surface area contributed by atoms with Gasteiger partial charge in [-0.15, -0.1) is 0 Å². The number of Topliss-reactive ketones (excluding diaryl/α,β-unsaturated/α-hetero) is 1. The number of carbonyl (C=O) groups excluding carboxylic acids is 2. The van der Waals surface area contributed by atoms with Gasteiger partial charge in [-0.05, 0) is 67.4 Å². The molecule has 1 saturated heterocycles. The van der Waals surface area contributed by atoms with Crippen LogP contribution >= 0.6 is 0 Å². The number of carbonyl (C=O) groups is 2. The number of aliphatic hydroxyl groups is 1. The van der Waals surface area contributed by atoms with Crippen LogP contribution in [0.1, 0.15) is 63.3 Å². The van der Waals surface area contributed by atoms with Crippen LogP contribution in [0.15, 0.2) is 35.9 Å². The molecule has 2 aromatic carbocycles. The number of amides is 1. The lowest BCUT2D eigenvalue weighted by atomic mass is 9.92. The van der Waals surface area contributed by atoms with Crippen molar-refractivity contribution >= 4 is 17.4 Å². The van der Waals surface area contributed by atoms with E-state index in [1.54, 1.807) is 24.3 Å². The van der Waals surface area contributed by atoms with Crippen molar-refractivity contribution in [3.63, 3.8) is 0 Å². The molecule has 0 radical (unpaired) electrons. The van der Waals surface area contributed by atoms with E-state index in [2.05, 4.69) is 4.90 Å². The molecule has 1 N–H and O–H groups in total. The Kier molecular flexibility index (Phi) is 10.5. The molecule has 1 aliphatic rings. The summed E-state index contributed by atoms with van der Waals surface area (Å²) in [5, 5.41) is 11.7. The Balaban J connectivity index is 2.26. The summed E-state index contributed by atoms with van der Waals surface area (Å²) in [4.78, 5) is 30.8. The molecule has 1 amide bonds. The van der Waals surface area contributed by atoms with Crippen LogP contribution in [0.3, 0.4) is 0 Å². The summed E-state index contributed by atoms with van der Waals surface area (Å²) in [6.45, 7) is 13.1. The smallest absolute Gasteiger partial charge is 0.295 e. The minimum absolute atomic E-state index is 0.0117. The summed E-state index contributed by atoms with van der Waals surface area (Å²) < 4.78 is 22.4. The van der Waals surface area contributed by atoms with E-state index in [0.29, 0.717) is 48.1 Å². The maximum Gasteiger partial charge on any atom is 0.295 e. The van der Waals surface area contributed by atoms with Crippen molar-refractivity contribution in [1.82, 2.24) is 9.80 Å². The normalized spacial score (nSPS) is 16.6. The van der Waals surface area contributed by atoms with Crippen molar-refractivity contribution in [3.8, 4) is 23.0 Å². The molecule has 1 heterocycles. The number of hydrogen-bond donors (Lipinski definition) is 1. The lowest BCUT2D eigenvalue weighted by molar-refractivity contribution is -0.140. The van der Waals surface area contributed by atoms with Crippen LogP contribution in [0.4, 0.5) is 0 Å². The van der Waals surface area contributed by atoms with Gasteiger partial charge >= 0.3 is 0 Å². The molecule has 0 bridgehead atoms. The number of aliphatic hydroxyl groups excluding tert-OH is 1. The molecule has 1 aliphatic heterocycles. The predicted molar refractivity (Wildman–Crippen MR) is 155 cm³/mol. The third kappa shape index (κ3) is 6.04. The van der Waals surface area contributed by atoms with Gasteiger partial charge in [0, 0.05) is 18.7 Å². The van der Waals surface area contributed by atoms with Gasteiger partial charge in [-0.3, -0.25) is 9.59 Å². The Bertz CT molecular complexity index is 1230. The highest BCUT2D eigenvalue weighted by Gasteiger charge is 2.46. The van der Waals surface area contributed by atoms with Crippen LogP contribution in [-0.4, -0.2) is 80.7 Å². The molecule has 0 aliphatic carbocycles. The van der Waals surface area contributed by atoms with E-state index in [1.807, 2.05) is 40.7 Å². The number of benzene rings is 2. The fourth-order valence-corrected chi connectivity index (χ4v) is 5.09. The number of nitrogens with zero attached hydrogens (tertiary/aromatic N) is 2. The van der Waals surface area contributed by atoms with Crippen LogP contribution in [0.2, 0.25) is 0 Å². The summed E-state index contributed by atoms with van der Waals surface area (Å²) in [6, 6.07) is 7.89. The maximum absolute atomic E-state index is 13.6. The van der Waals surface area contributed by atoms with E-state index in [-0.39, 0.29) is 17.3 Å². The number of ether oxygens (including phenoxy) is 4. The van der Waals surface area contributed by atoms with Crippen molar-refractivity contribution in [2.75, 3.05) is 54.1 Å². The first-order valence-electron chi connectivity index (χ1n) is 13.7. The molecule has 1 fully saturated rings. The molecule has 1 unspecified atom stereocenters. The first-order chi connectivity index (χ1) is 19.2. The second-order valence-corrected chi connectivity index (χ2v) is 9.82. The van der Waals surface area contributed by atoms with Crippen LogP contribution in [0.25, 0.3) is 5.76 Å². The molecular formula is C31H42N2O7. The quantitative estimate of drug-likeness (QED) is 0.210. The molecular weight excluding hydrogens is 512 g/mol. The van der Waals surface area contributed by atoms with Gasteiger partial charge in [-0.1, -0.05) is 27.7 Å². The molecule has 0 spiro atoms. The van der Waals surface area contributed by atoms with Crippen molar-refractivity contribution < 1.29 is 33.6 Å². The SMILES string of the molecule is CCOc1ccc(/C(O)=C2\C(=O)C(=O)N(CCN(CC)CC)C2c2cc(OC)c(OC)c(OC)c2)cc1C(C)C. The maximum atomic E-state index is 13.6. The first-order valence-corrected chi connectivity index (χ1v) is 13.7. The minimum atomic E-state index is -0.863. The Morgan fingerprint density at radius 1 is 0.950 bits per heavy atom. The second kappa shape index (κ2) is 13.6. The topological polar surface area (TPSA) is 97.8 Å². The number of rotatable bonds is 13. The van der Waals surface area contributed by atoms with Crippen LogP contribution in [0, 0.1) is 0 Å². The predicted octanol–water partition coefficient (Wildman–Crippen LogP) is 5.00. The van der Waals surface area contributed by atoms with Crippen LogP contribution in [0.5, 0.6) is 23.0 Å². The lowest BCUT2D eigenvalue weighted by Crippen LogP contribution is -2.38. The van der Waals surface area contributed by atoms with E-state index in [0.717, 1.165) is 24.4 Å². The molecule has 1 atom stereocenters. The molecule has 9 heteroatoms. The molecule has 9 nitrogen and oxygen atoms in total. The summed E-state index contributed by atoms with van der Waals surface area (Å²) in [6.07, 6.45) is 0. The number of hydrogen-bond acceptors (Lipinski definition) is 8. The Morgan fingerprint density at radius 3 is 2.08 bits per heavy atom. The van der Waals surface area contributed by atoms with Crippen molar-refractivity contribution in [2.24, 2.45) is 0 Å². The average Bonchev–Trinajstić information content (AvgIpc) is 3.21. The molecule has 0 saturated carbocycles. The zero-order valence-corrected chi connectivity index (χ0v) is 24.9. The van der Waals surface area contributed by atoms with Crippen molar-refractivity contribution in [1.29, 1.82) is 0 Å². The average molecular weight is 555 g/mol. The summed E-state index contributed by atoms with van der Waals surface area (Å²) in [5.41, 5.74) is 1.90. The van der Waals surface area contributed by atoms with Crippen molar-refractivity contribution in [2.45, 2.75) is 46.6 Å². The number of methoxy groups -OCH3 is 3. The monoisotopic (exact) mass is 554 g/mol. The van der Waals surface area contributed by atoms with Gasteiger partial charge in [0.2, 0.25) is 5.75 Å². The van der Waals surface area contributed by atoms with Crippen molar-refractivity contribution in [3.05, 3.63) is 52.6 Å². The number of likely N-dealkylation sites (N-methyl/N-ethyl adjacent to an activating group) is 1. The molecule has 40 heavy (non-hydrogen) atoms. The third-order valence-corrected chi connectivity index (χ3v) is 7.30.